The molecule has 2 unspecified atom stereocenters. The van der Waals surface area contributed by atoms with E-state index in [2.05, 4.69) is 168 Å². The molecule has 0 amide bonds. The van der Waals surface area contributed by atoms with Gasteiger partial charge in [0, 0.05) is 71.5 Å². The molecule has 0 radical (unpaired) electrons. The molecule has 5 aromatic heterocycles. The summed E-state index contributed by atoms with van der Waals surface area (Å²) in [6.45, 7) is 12.0. The minimum Gasteiger partial charge on any atom is -0.308 e. The van der Waals surface area contributed by atoms with Crippen molar-refractivity contribution in [2.75, 3.05) is 0 Å². The van der Waals surface area contributed by atoms with Crippen LogP contribution in [-0.4, -0.2) is 4.40 Å². The first kappa shape index (κ1) is 31.5. The van der Waals surface area contributed by atoms with Gasteiger partial charge in [0.25, 0.3) is 0 Å². The highest BCUT2D eigenvalue weighted by Gasteiger charge is 2.47. The number of hydrogen-bond donors (Lipinski definition) is 0. The van der Waals surface area contributed by atoms with Crippen molar-refractivity contribution < 1.29 is 9.13 Å². The second-order valence-electron chi connectivity index (χ2n) is 17.2. The largest absolute Gasteiger partial charge is 0.308 e. The molecule has 264 valence electrons. The molecule has 0 aliphatic carbocycles. The summed E-state index contributed by atoms with van der Waals surface area (Å²) < 4.78 is 10.2. The maximum atomic E-state index is 4.97. The molecule has 4 heteroatoms. The fraction of sp³-hybridized carbons (Fsp3) is 0.176. The standard InChI is InChI=1S/C51H41N3S/c1-30-49-37(20-19-32-12-5-6-13-33(32)43-17-9-10-22-52(30)43)38-26-45-39(25-40(38)44-24-31(21-23-53(44)49)29-51(2,3)4)35-15-11-16-36-41-28-48-42(27-46(41)54(45)50(35)36)34-14-7-8-18-47(34)55-48/h5-18,21-28,37,49H,1,19-20,29H2,2-4H3/q+2. The van der Waals surface area contributed by atoms with Gasteiger partial charge in [-0.05, 0) is 90.4 Å². The first-order valence-electron chi connectivity index (χ1n) is 19.7. The number of aromatic nitrogens is 3. The predicted octanol–water partition coefficient (Wildman–Crippen LogP) is 12.5. The fourth-order valence-electron chi connectivity index (χ4n) is 10.4. The van der Waals surface area contributed by atoms with Crippen LogP contribution in [0.2, 0.25) is 0 Å². The second kappa shape index (κ2) is 11.1. The minimum absolute atomic E-state index is 0.0479. The molecular formula is C51H41N3S+2. The molecule has 2 aliphatic rings. The third-order valence-corrected chi connectivity index (χ3v) is 13.8. The summed E-state index contributed by atoms with van der Waals surface area (Å²) in [7, 11) is 0. The number of hydrogen-bond acceptors (Lipinski definition) is 1. The van der Waals surface area contributed by atoms with Gasteiger partial charge in [0.2, 0.25) is 23.1 Å². The van der Waals surface area contributed by atoms with Crippen molar-refractivity contribution in [2.24, 2.45) is 5.41 Å². The summed E-state index contributed by atoms with van der Waals surface area (Å²) in [5.41, 5.74) is 14.6. The van der Waals surface area contributed by atoms with E-state index in [0.717, 1.165) is 25.0 Å². The van der Waals surface area contributed by atoms with Crippen molar-refractivity contribution in [3.8, 4) is 22.5 Å². The van der Waals surface area contributed by atoms with Gasteiger partial charge in [0.1, 0.15) is 0 Å². The van der Waals surface area contributed by atoms with Crippen LogP contribution in [0.1, 0.15) is 55.8 Å². The SMILES string of the molecule is C=C1C2C(CCc3ccccc3-c3cccc[n+]31)c1cc3c(cc1-c1cc(CC(C)(C)C)cc[n+]12)c1cccc2c4cc5sc6ccccc6c5cc4n3c12. The number of benzene rings is 5. The number of fused-ring (bicyclic) bond motifs is 18. The van der Waals surface area contributed by atoms with Crippen LogP contribution in [0.5, 0.6) is 0 Å². The number of pyridine rings is 2. The van der Waals surface area contributed by atoms with Crippen LogP contribution < -0.4 is 9.13 Å². The van der Waals surface area contributed by atoms with E-state index in [1.807, 2.05) is 11.3 Å². The van der Waals surface area contributed by atoms with Gasteiger partial charge >= 0.3 is 0 Å². The van der Waals surface area contributed by atoms with Gasteiger partial charge in [-0.1, -0.05) is 75.4 Å². The van der Waals surface area contributed by atoms with Gasteiger partial charge < -0.3 is 4.40 Å². The van der Waals surface area contributed by atoms with Crippen LogP contribution in [0, 0.1) is 5.41 Å². The van der Waals surface area contributed by atoms with Crippen molar-refractivity contribution in [1.29, 1.82) is 0 Å². The average molecular weight is 728 g/mol. The Morgan fingerprint density at radius 1 is 0.673 bits per heavy atom. The lowest BCUT2D eigenvalue weighted by molar-refractivity contribution is -0.727. The van der Waals surface area contributed by atoms with E-state index in [1.165, 1.54) is 97.5 Å². The Balaban J connectivity index is 1.18. The maximum Gasteiger partial charge on any atom is 0.249 e. The highest BCUT2D eigenvalue weighted by atomic mass is 32.1. The lowest BCUT2D eigenvalue weighted by atomic mass is 9.77. The van der Waals surface area contributed by atoms with E-state index in [-0.39, 0.29) is 17.4 Å². The van der Waals surface area contributed by atoms with Crippen molar-refractivity contribution in [2.45, 2.75) is 52.0 Å². The highest BCUT2D eigenvalue weighted by Crippen LogP contribution is 2.49. The second-order valence-corrected chi connectivity index (χ2v) is 18.3. The normalized spacial score (nSPS) is 17.0. The summed E-state index contributed by atoms with van der Waals surface area (Å²) in [6, 6.07) is 46.3. The Hall–Kier alpha value is -5.84. The molecule has 0 fully saturated rings. The quantitative estimate of drug-likeness (QED) is 0.149. The van der Waals surface area contributed by atoms with Crippen LogP contribution >= 0.6 is 11.3 Å². The molecular weight excluding hydrogens is 687 g/mol. The van der Waals surface area contributed by atoms with Gasteiger partial charge in [0.15, 0.2) is 12.4 Å². The molecule has 5 aromatic carbocycles. The molecule has 12 rings (SSSR count). The van der Waals surface area contributed by atoms with Crippen molar-refractivity contribution in [3.63, 3.8) is 0 Å². The first-order chi connectivity index (χ1) is 26.8. The number of allylic oxidation sites excluding steroid dienone is 1. The molecule has 55 heavy (non-hydrogen) atoms. The Morgan fingerprint density at radius 3 is 2.31 bits per heavy atom. The molecule has 7 heterocycles. The van der Waals surface area contributed by atoms with E-state index in [4.69, 9.17) is 6.58 Å². The zero-order valence-corrected chi connectivity index (χ0v) is 32.3. The highest BCUT2D eigenvalue weighted by molar-refractivity contribution is 7.25. The van der Waals surface area contributed by atoms with E-state index in [9.17, 15) is 0 Å². The van der Waals surface area contributed by atoms with E-state index in [1.54, 1.807) is 0 Å². The molecule has 2 aliphatic heterocycles. The average Bonchev–Trinajstić information content (AvgIpc) is 3.84. The van der Waals surface area contributed by atoms with Gasteiger partial charge in [-0.2, -0.15) is 9.13 Å². The molecule has 2 atom stereocenters. The number of thiophene rings is 1. The summed E-state index contributed by atoms with van der Waals surface area (Å²) in [5, 5.41) is 8.02. The van der Waals surface area contributed by atoms with Gasteiger partial charge in [-0.15, -0.1) is 11.3 Å². The Kier molecular flexibility index (Phi) is 6.37. The smallest absolute Gasteiger partial charge is 0.249 e. The summed E-state index contributed by atoms with van der Waals surface area (Å²) in [5.74, 6) is 0.221. The number of rotatable bonds is 1. The minimum atomic E-state index is 0.0479. The molecule has 10 aromatic rings. The Labute approximate surface area is 324 Å². The molecule has 0 N–H and O–H groups in total. The topological polar surface area (TPSA) is 12.2 Å². The van der Waals surface area contributed by atoms with Crippen LogP contribution in [0.3, 0.4) is 0 Å². The molecule has 0 bridgehead atoms. The zero-order valence-electron chi connectivity index (χ0n) is 31.4. The lowest BCUT2D eigenvalue weighted by Gasteiger charge is -2.30. The fourth-order valence-corrected chi connectivity index (χ4v) is 11.6. The van der Waals surface area contributed by atoms with E-state index in [0.29, 0.717) is 0 Å². The van der Waals surface area contributed by atoms with Crippen LogP contribution in [0.15, 0.2) is 140 Å². The molecule has 0 saturated heterocycles. The van der Waals surface area contributed by atoms with E-state index >= 15 is 0 Å². The van der Waals surface area contributed by atoms with Crippen LogP contribution in [0.25, 0.3) is 86.5 Å². The van der Waals surface area contributed by atoms with Crippen LogP contribution in [-0.2, 0) is 12.8 Å². The molecule has 3 nitrogen and oxygen atoms in total. The Bertz CT molecular complexity index is 3260. The van der Waals surface area contributed by atoms with Crippen molar-refractivity contribution in [1.82, 2.24) is 4.40 Å². The van der Waals surface area contributed by atoms with Crippen molar-refractivity contribution >= 4 is 75.3 Å². The summed E-state index contributed by atoms with van der Waals surface area (Å²) >= 11 is 1.91. The molecule has 0 saturated carbocycles. The first-order valence-corrected chi connectivity index (χ1v) is 20.5. The van der Waals surface area contributed by atoms with Gasteiger partial charge in [-0.25, -0.2) is 0 Å². The summed E-state index contributed by atoms with van der Waals surface area (Å²) in [4.78, 5) is 0. The monoisotopic (exact) mass is 727 g/mol. The van der Waals surface area contributed by atoms with Crippen LogP contribution in [0.4, 0.5) is 0 Å². The maximum absolute atomic E-state index is 4.97. The third kappa shape index (κ3) is 4.43. The number of nitrogens with zero attached hydrogens (tertiary/aromatic N) is 3. The zero-order chi connectivity index (χ0) is 36.7. The van der Waals surface area contributed by atoms with Gasteiger partial charge in [0.05, 0.1) is 28.0 Å². The number of aryl methyl sites for hydroxylation is 1. The Morgan fingerprint density at radius 2 is 1.44 bits per heavy atom. The van der Waals surface area contributed by atoms with E-state index < -0.39 is 0 Å². The number of para-hydroxylation sites is 1. The predicted molar refractivity (Wildman–Crippen MR) is 230 cm³/mol. The lowest BCUT2D eigenvalue weighted by Crippen LogP contribution is -2.53. The van der Waals surface area contributed by atoms with Gasteiger partial charge in [-0.3, -0.25) is 0 Å². The molecule has 0 spiro atoms. The summed E-state index contributed by atoms with van der Waals surface area (Å²) in [6.07, 6.45) is 7.63. The third-order valence-electron chi connectivity index (χ3n) is 12.7. The van der Waals surface area contributed by atoms with Crippen molar-refractivity contribution in [3.05, 3.63) is 157 Å².